The first-order valence-corrected chi connectivity index (χ1v) is 5.96. The second-order valence-electron chi connectivity index (χ2n) is 2.44. The topological polar surface area (TPSA) is 34.5 Å². The molecule has 0 bridgehead atoms. The SMILES string of the molecule is CS1(c2ccccc2Br)NO1. The largest absolute Gasteiger partial charge is 0.222 e. The Morgan fingerprint density at radius 2 is 2.09 bits per heavy atom. The van der Waals surface area contributed by atoms with E-state index in [0.29, 0.717) is 0 Å². The van der Waals surface area contributed by atoms with E-state index in [9.17, 15) is 0 Å². The molecule has 1 saturated heterocycles. The van der Waals surface area contributed by atoms with Gasteiger partial charge in [0.05, 0.1) is 0 Å². The van der Waals surface area contributed by atoms with Gasteiger partial charge in [0.15, 0.2) is 0 Å². The van der Waals surface area contributed by atoms with Crippen LogP contribution in [0.5, 0.6) is 0 Å². The minimum absolute atomic E-state index is 1.08. The van der Waals surface area contributed by atoms with Crippen molar-refractivity contribution in [3.8, 4) is 0 Å². The van der Waals surface area contributed by atoms with Crippen LogP contribution < -0.4 is 4.89 Å². The summed E-state index contributed by atoms with van der Waals surface area (Å²) in [5.74, 6) is 0. The van der Waals surface area contributed by atoms with Gasteiger partial charge in [-0.25, -0.2) is 4.28 Å². The average molecular weight is 234 g/mol. The molecule has 0 spiro atoms. The van der Waals surface area contributed by atoms with Crippen LogP contribution in [0.4, 0.5) is 0 Å². The molecule has 1 aliphatic heterocycles. The molecule has 1 N–H and O–H groups in total. The van der Waals surface area contributed by atoms with Gasteiger partial charge >= 0.3 is 0 Å². The van der Waals surface area contributed by atoms with Crippen molar-refractivity contribution < 1.29 is 4.28 Å². The third-order valence-electron chi connectivity index (χ3n) is 1.59. The summed E-state index contributed by atoms with van der Waals surface area (Å²) in [4.78, 5) is 4.14. The van der Waals surface area contributed by atoms with Gasteiger partial charge in [0.25, 0.3) is 0 Å². The molecule has 2 rings (SSSR count). The summed E-state index contributed by atoms with van der Waals surface area (Å²) < 4.78 is 6.28. The van der Waals surface area contributed by atoms with Gasteiger partial charge in [-0.2, -0.15) is 0 Å². The number of benzene rings is 1. The maximum atomic E-state index is 5.17. The van der Waals surface area contributed by atoms with Crippen molar-refractivity contribution in [2.45, 2.75) is 4.90 Å². The van der Waals surface area contributed by atoms with Crippen molar-refractivity contribution in [1.82, 2.24) is 4.89 Å². The van der Waals surface area contributed by atoms with Gasteiger partial charge < -0.3 is 0 Å². The van der Waals surface area contributed by atoms with Gasteiger partial charge in [-0.05, 0) is 38.6 Å². The Labute approximate surface area is 75.7 Å². The smallest absolute Gasteiger partial charge is 0.0439 e. The fraction of sp³-hybridized carbons (Fsp3) is 0.143. The summed E-state index contributed by atoms with van der Waals surface area (Å²) in [7, 11) is -1.08. The zero-order valence-electron chi connectivity index (χ0n) is 6.00. The highest BCUT2D eigenvalue weighted by Crippen LogP contribution is 2.62. The average Bonchev–Trinajstić information content (AvgIpc) is 2.70. The fourth-order valence-electron chi connectivity index (χ4n) is 0.901. The van der Waals surface area contributed by atoms with E-state index in [0.717, 1.165) is 4.47 Å². The minimum Gasteiger partial charge on any atom is -0.222 e. The number of hydrogen-bond donors (Lipinski definition) is 1. The lowest BCUT2D eigenvalue weighted by Gasteiger charge is -2.08. The van der Waals surface area contributed by atoms with Crippen LogP contribution in [0.3, 0.4) is 0 Å². The molecular weight excluding hydrogens is 226 g/mol. The number of halogens is 1. The van der Waals surface area contributed by atoms with Crippen LogP contribution in [0.2, 0.25) is 0 Å². The lowest BCUT2D eigenvalue weighted by molar-refractivity contribution is 0.468. The van der Waals surface area contributed by atoms with Crippen molar-refractivity contribution in [2.24, 2.45) is 0 Å². The van der Waals surface area contributed by atoms with Gasteiger partial charge in [-0.3, -0.25) is 0 Å². The van der Waals surface area contributed by atoms with Gasteiger partial charge in [0, 0.05) is 15.6 Å². The Bertz CT molecular complexity index is 288. The molecule has 60 valence electrons. The molecule has 1 unspecified atom stereocenters. The van der Waals surface area contributed by atoms with E-state index in [2.05, 4.69) is 33.1 Å². The van der Waals surface area contributed by atoms with Gasteiger partial charge in [-0.1, -0.05) is 12.1 Å². The Balaban J connectivity index is 2.45. The lowest BCUT2D eigenvalue weighted by Crippen LogP contribution is -1.84. The Kier molecular flexibility index (Phi) is 1.72. The molecule has 1 aliphatic rings. The van der Waals surface area contributed by atoms with E-state index in [-0.39, 0.29) is 0 Å². The highest BCUT2D eigenvalue weighted by Gasteiger charge is 2.36. The monoisotopic (exact) mass is 233 g/mol. The van der Waals surface area contributed by atoms with E-state index in [4.69, 9.17) is 4.28 Å². The zero-order valence-corrected chi connectivity index (χ0v) is 8.41. The van der Waals surface area contributed by atoms with Crippen LogP contribution in [0.1, 0.15) is 0 Å². The molecule has 1 fully saturated rings. The third kappa shape index (κ3) is 1.31. The Morgan fingerprint density at radius 1 is 1.45 bits per heavy atom. The molecular formula is C7H8BrNOS. The number of hydrogen-bond acceptors (Lipinski definition) is 2. The second kappa shape index (κ2) is 2.48. The van der Waals surface area contributed by atoms with E-state index >= 15 is 0 Å². The number of nitrogens with one attached hydrogen (secondary N) is 1. The molecule has 2 nitrogen and oxygen atoms in total. The van der Waals surface area contributed by atoms with Crippen LogP contribution in [-0.4, -0.2) is 6.26 Å². The van der Waals surface area contributed by atoms with Gasteiger partial charge in [0.2, 0.25) is 0 Å². The number of rotatable bonds is 1. The van der Waals surface area contributed by atoms with Crippen LogP contribution in [-0.2, 0) is 4.28 Å². The maximum Gasteiger partial charge on any atom is 0.0439 e. The standard InChI is InChI=1S/C7H8BrNOS/c1-11(9-10-11)7-5-3-2-4-6(7)8/h2-5,9H,1H3. The lowest BCUT2D eigenvalue weighted by atomic mass is 10.4. The van der Waals surface area contributed by atoms with Crippen molar-refractivity contribution >= 4 is 26.4 Å². The Morgan fingerprint density at radius 3 is 2.64 bits per heavy atom. The fourth-order valence-corrected chi connectivity index (χ4v) is 3.48. The quantitative estimate of drug-likeness (QED) is 0.758. The molecule has 1 heterocycles. The van der Waals surface area contributed by atoms with Crippen LogP contribution >= 0.6 is 26.4 Å². The minimum atomic E-state index is -1.08. The van der Waals surface area contributed by atoms with Crippen LogP contribution in [0.15, 0.2) is 33.6 Å². The molecule has 1 aromatic rings. The highest BCUT2D eigenvalue weighted by atomic mass is 79.9. The van der Waals surface area contributed by atoms with E-state index in [1.54, 1.807) is 0 Å². The molecule has 0 aliphatic carbocycles. The molecule has 4 heteroatoms. The highest BCUT2D eigenvalue weighted by molar-refractivity contribution is 9.10. The molecule has 0 radical (unpaired) electrons. The van der Waals surface area contributed by atoms with Crippen molar-refractivity contribution in [2.75, 3.05) is 6.26 Å². The summed E-state index contributed by atoms with van der Waals surface area (Å²) in [5, 5.41) is 0. The second-order valence-corrected chi connectivity index (χ2v) is 5.76. The molecule has 1 aromatic carbocycles. The Hall–Kier alpha value is -0.0300. The van der Waals surface area contributed by atoms with Crippen LogP contribution in [0, 0.1) is 0 Å². The molecule has 0 aromatic heterocycles. The van der Waals surface area contributed by atoms with Gasteiger partial charge in [0.1, 0.15) is 0 Å². The van der Waals surface area contributed by atoms with Crippen molar-refractivity contribution in [3.05, 3.63) is 28.7 Å². The maximum absolute atomic E-state index is 5.17. The summed E-state index contributed by atoms with van der Waals surface area (Å²) in [6, 6.07) is 8.11. The van der Waals surface area contributed by atoms with Crippen molar-refractivity contribution in [1.29, 1.82) is 0 Å². The van der Waals surface area contributed by atoms with E-state index < -0.39 is 10.5 Å². The summed E-state index contributed by atoms with van der Waals surface area (Å²) in [5.41, 5.74) is 0. The first kappa shape index (κ1) is 7.61. The summed E-state index contributed by atoms with van der Waals surface area (Å²) >= 11 is 3.47. The first-order valence-electron chi connectivity index (χ1n) is 3.20. The first-order chi connectivity index (χ1) is 5.22. The predicted molar refractivity (Wildman–Crippen MR) is 50.1 cm³/mol. The summed E-state index contributed by atoms with van der Waals surface area (Å²) in [6.45, 7) is 0. The third-order valence-corrected chi connectivity index (χ3v) is 4.41. The van der Waals surface area contributed by atoms with E-state index in [1.165, 1.54) is 4.90 Å². The van der Waals surface area contributed by atoms with E-state index in [1.807, 2.05) is 18.2 Å². The molecule has 0 saturated carbocycles. The van der Waals surface area contributed by atoms with Gasteiger partial charge in [-0.15, -0.1) is 4.89 Å². The normalized spacial score (nSPS) is 34.4. The predicted octanol–water partition coefficient (Wildman–Crippen LogP) is 2.61. The van der Waals surface area contributed by atoms with Crippen LogP contribution in [0.25, 0.3) is 0 Å². The molecule has 1 atom stereocenters. The zero-order chi connectivity index (χ0) is 7.90. The summed E-state index contributed by atoms with van der Waals surface area (Å²) in [6.07, 6.45) is 2.08. The molecule has 11 heavy (non-hydrogen) atoms. The van der Waals surface area contributed by atoms with Crippen molar-refractivity contribution in [3.63, 3.8) is 0 Å². The molecule has 0 amide bonds.